The van der Waals surface area contributed by atoms with Crippen molar-refractivity contribution in [3.05, 3.63) is 30.3 Å². The molecule has 2 N–H and O–H groups in total. The third kappa shape index (κ3) is 3.37. The maximum Gasteiger partial charge on any atom is 0.231 e. The summed E-state index contributed by atoms with van der Waals surface area (Å²) in [5.74, 6) is 0.501. The van der Waals surface area contributed by atoms with Crippen LogP contribution in [0.25, 0.3) is 11.4 Å². The molecule has 1 aromatic carbocycles. The first-order chi connectivity index (χ1) is 10.2. The van der Waals surface area contributed by atoms with E-state index in [-0.39, 0.29) is 5.91 Å². The predicted octanol–water partition coefficient (Wildman–Crippen LogP) is 0.812. The number of hydrogen-bond acceptors (Lipinski definition) is 6. The van der Waals surface area contributed by atoms with Crippen LogP contribution in [0.1, 0.15) is 0 Å². The molecule has 0 saturated carbocycles. The summed E-state index contributed by atoms with van der Waals surface area (Å²) >= 11 is 1.42. The Morgan fingerprint density at radius 2 is 1.90 bits per heavy atom. The Hall–Kier alpha value is -1.99. The molecule has 1 aliphatic heterocycles. The van der Waals surface area contributed by atoms with Gasteiger partial charge in [0.25, 0.3) is 0 Å². The second kappa shape index (κ2) is 6.19. The number of aromatic nitrogens is 2. The molecule has 7 heteroatoms. The number of amides is 1. The molecule has 0 radical (unpaired) electrons. The van der Waals surface area contributed by atoms with Crippen molar-refractivity contribution in [1.82, 2.24) is 14.3 Å². The van der Waals surface area contributed by atoms with E-state index in [1.165, 1.54) is 11.5 Å². The van der Waals surface area contributed by atoms with E-state index in [4.69, 9.17) is 5.73 Å². The van der Waals surface area contributed by atoms with Crippen LogP contribution in [0.3, 0.4) is 0 Å². The van der Waals surface area contributed by atoms with Crippen LogP contribution in [0.4, 0.5) is 5.13 Å². The van der Waals surface area contributed by atoms with Crippen molar-refractivity contribution in [3.63, 3.8) is 0 Å². The van der Waals surface area contributed by atoms with E-state index in [1.54, 1.807) is 0 Å². The van der Waals surface area contributed by atoms with Crippen LogP contribution in [-0.4, -0.2) is 52.9 Å². The molecule has 1 aliphatic rings. The van der Waals surface area contributed by atoms with E-state index in [1.807, 2.05) is 30.3 Å². The molecule has 1 saturated heterocycles. The minimum Gasteiger partial charge on any atom is -0.369 e. The molecule has 0 aliphatic carbocycles. The van der Waals surface area contributed by atoms with Crippen LogP contribution in [0.2, 0.25) is 0 Å². The van der Waals surface area contributed by atoms with Crippen molar-refractivity contribution in [1.29, 1.82) is 0 Å². The number of carbonyl (C=O) groups is 1. The van der Waals surface area contributed by atoms with Gasteiger partial charge in [0.2, 0.25) is 11.0 Å². The number of nitrogens with two attached hydrogens (primary N) is 1. The van der Waals surface area contributed by atoms with Crippen LogP contribution >= 0.6 is 11.5 Å². The summed E-state index contributed by atoms with van der Waals surface area (Å²) in [7, 11) is 0. The van der Waals surface area contributed by atoms with Crippen molar-refractivity contribution in [3.8, 4) is 11.4 Å². The van der Waals surface area contributed by atoms with E-state index in [0.29, 0.717) is 6.54 Å². The third-order valence-electron chi connectivity index (χ3n) is 3.47. The lowest BCUT2D eigenvalue weighted by atomic mass is 10.2. The van der Waals surface area contributed by atoms with Gasteiger partial charge in [0.1, 0.15) is 0 Å². The van der Waals surface area contributed by atoms with Crippen molar-refractivity contribution < 1.29 is 4.79 Å². The van der Waals surface area contributed by atoms with E-state index < -0.39 is 0 Å². The van der Waals surface area contributed by atoms with Gasteiger partial charge in [-0.05, 0) is 0 Å². The minimum absolute atomic E-state index is 0.272. The molecule has 0 unspecified atom stereocenters. The number of rotatable bonds is 4. The van der Waals surface area contributed by atoms with Crippen molar-refractivity contribution in [2.45, 2.75) is 0 Å². The van der Waals surface area contributed by atoms with Gasteiger partial charge in [-0.3, -0.25) is 9.69 Å². The van der Waals surface area contributed by atoms with Gasteiger partial charge in [-0.15, -0.1) is 0 Å². The number of anilines is 1. The molecule has 0 atom stereocenters. The van der Waals surface area contributed by atoms with Crippen LogP contribution in [0, 0.1) is 0 Å². The summed E-state index contributed by atoms with van der Waals surface area (Å²) in [6.45, 7) is 3.67. The molecule has 6 nitrogen and oxygen atoms in total. The molecule has 0 spiro atoms. The molecule has 0 bridgehead atoms. The van der Waals surface area contributed by atoms with Crippen LogP contribution < -0.4 is 10.6 Å². The zero-order valence-corrected chi connectivity index (χ0v) is 12.4. The van der Waals surface area contributed by atoms with Gasteiger partial charge in [-0.2, -0.15) is 9.36 Å². The van der Waals surface area contributed by atoms with Gasteiger partial charge in [-0.25, -0.2) is 0 Å². The highest BCUT2D eigenvalue weighted by Crippen LogP contribution is 2.24. The SMILES string of the molecule is NC(=O)CN1CCN(c2nc(-c3ccccc3)ns2)CC1. The van der Waals surface area contributed by atoms with Gasteiger partial charge in [0.15, 0.2) is 5.82 Å². The number of nitrogens with zero attached hydrogens (tertiary/aromatic N) is 4. The van der Waals surface area contributed by atoms with Gasteiger partial charge in [-0.1, -0.05) is 30.3 Å². The van der Waals surface area contributed by atoms with E-state index in [9.17, 15) is 4.79 Å². The van der Waals surface area contributed by atoms with Gasteiger partial charge < -0.3 is 10.6 Å². The summed E-state index contributed by atoms with van der Waals surface area (Å²) in [6, 6.07) is 9.97. The molecule has 1 amide bonds. The van der Waals surface area contributed by atoms with Crippen molar-refractivity contribution in [2.24, 2.45) is 5.73 Å². The summed E-state index contributed by atoms with van der Waals surface area (Å²) in [5.41, 5.74) is 6.26. The van der Waals surface area contributed by atoms with Gasteiger partial charge in [0.05, 0.1) is 6.54 Å². The van der Waals surface area contributed by atoms with E-state index in [2.05, 4.69) is 19.2 Å². The average molecular weight is 303 g/mol. The quantitative estimate of drug-likeness (QED) is 0.905. The number of primary amides is 1. The minimum atomic E-state index is -0.272. The summed E-state index contributed by atoms with van der Waals surface area (Å²) in [5, 5.41) is 0.938. The monoisotopic (exact) mass is 303 g/mol. The first-order valence-electron chi connectivity index (χ1n) is 6.87. The van der Waals surface area contributed by atoms with E-state index >= 15 is 0 Å². The Kier molecular flexibility index (Phi) is 4.12. The lowest BCUT2D eigenvalue weighted by Crippen LogP contribution is -2.48. The Balaban J connectivity index is 1.64. The smallest absolute Gasteiger partial charge is 0.231 e. The zero-order chi connectivity index (χ0) is 14.7. The average Bonchev–Trinajstić information content (AvgIpc) is 2.98. The van der Waals surface area contributed by atoms with E-state index in [0.717, 1.165) is 42.7 Å². The molecule has 2 aromatic rings. The summed E-state index contributed by atoms with van der Waals surface area (Å²) in [6.07, 6.45) is 0. The fourth-order valence-corrected chi connectivity index (χ4v) is 3.11. The fraction of sp³-hybridized carbons (Fsp3) is 0.357. The Morgan fingerprint density at radius 3 is 2.57 bits per heavy atom. The Morgan fingerprint density at radius 1 is 1.19 bits per heavy atom. The van der Waals surface area contributed by atoms with Crippen LogP contribution in [0.5, 0.6) is 0 Å². The zero-order valence-electron chi connectivity index (χ0n) is 11.6. The molecular formula is C14H17N5OS. The largest absolute Gasteiger partial charge is 0.369 e. The number of carbonyl (C=O) groups excluding carboxylic acids is 1. The first kappa shape index (κ1) is 14.0. The predicted molar refractivity (Wildman–Crippen MR) is 83.2 cm³/mol. The van der Waals surface area contributed by atoms with Crippen LogP contribution in [-0.2, 0) is 4.79 Å². The fourth-order valence-electron chi connectivity index (χ4n) is 2.37. The lowest BCUT2D eigenvalue weighted by molar-refractivity contribution is -0.119. The number of benzene rings is 1. The summed E-state index contributed by atoms with van der Waals surface area (Å²) in [4.78, 5) is 19.8. The Bertz CT molecular complexity index is 607. The molecule has 1 fully saturated rings. The highest BCUT2D eigenvalue weighted by atomic mass is 32.1. The molecule has 110 valence electrons. The van der Waals surface area contributed by atoms with Gasteiger partial charge >= 0.3 is 0 Å². The molecule has 21 heavy (non-hydrogen) atoms. The topological polar surface area (TPSA) is 75.4 Å². The molecule has 2 heterocycles. The number of piperazine rings is 1. The highest BCUT2D eigenvalue weighted by Gasteiger charge is 2.21. The maximum atomic E-state index is 10.9. The Labute approximate surface area is 127 Å². The molecule has 3 rings (SSSR count). The third-order valence-corrected chi connectivity index (χ3v) is 4.25. The molecular weight excluding hydrogens is 286 g/mol. The van der Waals surface area contributed by atoms with Gasteiger partial charge in [0, 0.05) is 43.3 Å². The lowest BCUT2D eigenvalue weighted by Gasteiger charge is -2.33. The second-order valence-corrected chi connectivity index (χ2v) is 5.73. The highest BCUT2D eigenvalue weighted by molar-refractivity contribution is 7.09. The number of hydrogen-bond donors (Lipinski definition) is 1. The normalized spacial score (nSPS) is 16.1. The molecule has 1 aromatic heterocycles. The van der Waals surface area contributed by atoms with Crippen molar-refractivity contribution >= 4 is 22.6 Å². The maximum absolute atomic E-state index is 10.9. The first-order valence-corrected chi connectivity index (χ1v) is 7.64. The second-order valence-electron chi connectivity index (χ2n) is 5.00. The van der Waals surface area contributed by atoms with Crippen LogP contribution in [0.15, 0.2) is 30.3 Å². The summed E-state index contributed by atoms with van der Waals surface area (Å²) < 4.78 is 4.43. The van der Waals surface area contributed by atoms with Crippen molar-refractivity contribution in [2.75, 3.05) is 37.6 Å². The standard InChI is InChI=1S/C14H17N5OS/c15-12(20)10-18-6-8-19(9-7-18)14-16-13(17-21-14)11-4-2-1-3-5-11/h1-5H,6-10H2,(H2,15,20).